The van der Waals surface area contributed by atoms with Crippen molar-refractivity contribution in [3.05, 3.63) is 0 Å². The van der Waals surface area contributed by atoms with Crippen LogP contribution in [0.4, 0.5) is 0 Å². The van der Waals surface area contributed by atoms with E-state index < -0.39 is 0 Å². The number of aliphatic hydroxyl groups excluding tert-OH is 1. The van der Waals surface area contributed by atoms with Gasteiger partial charge in [0.15, 0.2) is 0 Å². The molecule has 0 aromatic heterocycles. The van der Waals surface area contributed by atoms with E-state index in [0.29, 0.717) is 6.54 Å². The van der Waals surface area contributed by atoms with Crippen molar-refractivity contribution < 1.29 is 9.90 Å². The van der Waals surface area contributed by atoms with E-state index in [1.165, 1.54) is 6.42 Å². The average molecular weight is 226 g/mol. The highest BCUT2D eigenvalue weighted by Gasteiger charge is 2.30. The summed E-state index contributed by atoms with van der Waals surface area (Å²) in [5, 5.41) is 9.88. The van der Waals surface area contributed by atoms with Crippen LogP contribution in [-0.2, 0) is 4.79 Å². The van der Waals surface area contributed by atoms with E-state index in [4.69, 9.17) is 5.73 Å². The van der Waals surface area contributed by atoms with E-state index in [1.54, 1.807) is 0 Å². The highest BCUT2D eigenvalue weighted by Crippen LogP contribution is 2.26. The van der Waals surface area contributed by atoms with Gasteiger partial charge in [0.1, 0.15) is 0 Å². The second-order valence-corrected chi connectivity index (χ2v) is 5.14. The van der Waals surface area contributed by atoms with E-state index in [0.717, 1.165) is 38.6 Å². The second kappa shape index (κ2) is 5.15. The van der Waals surface area contributed by atoms with Gasteiger partial charge in [-0.15, -0.1) is 0 Å². The van der Waals surface area contributed by atoms with Crippen molar-refractivity contribution in [2.45, 2.75) is 50.7 Å². The van der Waals surface area contributed by atoms with Gasteiger partial charge in [-0.1, -0.05) is 12.8 Å². The normalized spacial score (nSPS) is 36.5. The molecule has 1 heterocycles. The van der Waals surface area contributed by atoms with Crippen LogP contribution in [0.15, 0.2) is 0 Å². The lowest BCUT2D eigenvalue weighted by molar-refractivity contribution is -0.136. The molecular weight excluding hydrogens is 204 g/mol. The van der Waals surface area contributed by atoms with Gasteiger partial charge in [-0.3, -0.25) is 4.79 Å². The van der Waals surface area contributed by atoms with Crippen LogP contribution in [0.2, 0.25) is 0 Å². The number of likely N-dealkylation sites (tertiary alicyclic amines) is 1. The number of hydrogen-bond donors (Lipinski definition) is 2. The molecule has 1 amide bonds. The topological polar surface area (TPSA) is 66.6 Å². The van der Waals surface area contributed by atoms with Crippen LogP contribution in [0.25, 0.3) is 0 Å². The molecule has 0 aromatic rings. The molecule has 2 fully saturated rings. The average Bonchev–Trinajstić information content (AvgIpc) is 2.28. The minimum atomic E-state index is -0.311. The van der Waals surface area contributed by atoms with E-state index in [2.05, 4.69) is 0 Å². The number of piperidine rings is 1. The summed E-state index contributed by atoms with van der Waals surface area (Å²) in [4.78, 5) is 13.7. The lowest BCUT2D eigenvalue weighted by atomic mass is 9.85. The number of rotatable bonds is 2. The third-order valence-corrected chi connectivity index (χ3v) is 3.90. The first kappa shape index (κ1) is 11.9. The SMILES string of the molecule is NC1CCCN(CC2CCCCC2O)C1=O. The molecule has 0 spiro atoms. The summed E-state index contributed by atoms with van der Waals surface area (Å²) in [6, 6.07) is -0.311. The van der Waals surface area contributed by atoms with Crippen molar-refractivity contribution in [1.82, 2.24) is 4.90 Å². The molecule has 1 saturated heterocycles. The van der Waals surface area contributed by atoms with Gasteiger partial charge >= 0.3 is 0 Å². The van der Waals surface area contributed by atoms with Crippen LogP contribution in [0.1, 0.15) is 38.5 Å². The Bertz CT molecular complexity index is 257. The summed E-state index contributed by atoms with van der Waals surface area (Å²) in [6.45, 7) is 1.52. The van der Waals surface area contributed by atoms with Gasteiger partial charge < -0.3 is 15.7 Å². The fourth-order valence-corrected chi connectivity index (χ4v) is 2.84. The number of nitrogens with zero attached hydrogens (tertiary/aromatic N) is 1. The van der Waals surface area contributed by atoms with E-state index in [1.807, 2.05) is 4.90 Å². The Morgan fingerprint density at radius 3 is 2.75 bits per heavy atom. The zero-order valence-electron chi connectivity index (χ0n) is 9.77. The van der Waals surface area contributed by atoms with Crippen LogP contribution in [-0.4, -0.2) is 41.1 Å². The zero-order chi connectivity index (χ0) is 11.5. The Balaban J connectivity index is 1.90. The first-order valence-corrected chi connectivity index (χ1v) is 6.41. The van der Waals surface area contributed by atoms with Crippen molar-refractivity contribution in [3.8, 4) is 0 Å². The van der Waals surface area contributed by atoms with Crippen molar-refractivity contribution in [1.29, 1.82) is 0 Å². The lowest BCUT2D eigenvalue weighted by Gasteiger charge is -2.36. The Morgan fingerprint density at radius 1 is 1.25 bits per heavy atom. The number of carbonyl (C=O) groups is 1. The van der Waals surface area contributed by atoms with Crippen molar-refractivity contribution in [2.24, 2.45) is 11.7 Å². The van der Waals surface area contributed by atoms with Gasteiger partial charge in [0, 0.05) is 19.0 Å². The standard InChI is InChI=1S/C12H22N2O2/c13-10-5-3-7-14(12(10)16)8-9-4-1-2-6-11(9)15/h9-11,15H,1-8,13H2. The molecule has 16 heavy (non-hydrogen) atoms. The smallest absolute Gasteiger partial charge is 0.239 e. The molecule has 4 heteroatoms. The molecule has 0 aromatic carbocycles. The van der Waals surface area contributed by atoms with Gasteiger partial charge in [-0.05, 0) is 25.7 Å². The van der Waals surface area contributed by atoms with E-state index in [-0.39, 0.29) is 24.0 Å². The minimum absolute atomic E-state index is 0.0732. The molecule has 3 atom stereocenters. The van der Waals surface area contributed by atoms with Crippen molar-refractivity contribution in [3.63, 3.8) is 0 Å². The third-order valence-electron chi connectivity index (χ3n) is 3.90. The van der Waals surface area contributed by atoms with Gasteiger partial charge in [0.25, 0.3) is 0 Å². The van der Waals surface area contributed by atoms with Crippen molar-refractivity contribution in [2.75, 3.05) is 13.1 Å². The van der Waals surface area contributed by atoms with E-state index in [9.17, 15) is 9.90 Å². The predicted octanol–water partition coefficient (Wildman–Crippen LogP) is 0.487. The molecule has 3 unspecified atom stereocenters. The van der Waals surface area contributed by atoms with Crippen LogP contribution in [0.5, 0.6) is 0 Å². The quantitative estimate of drug-likeness (QED) is 0.720. The van der Waals surface area contributed by atoms with Crippen LogP contribution < -0.4 is 5.73 Å². The number of nitrogens with two attached hydrogens (primary N) is 1. The first-order valence-electron chi connectivity index (χ1n) is 6.41. The van der Waals surface area contributed by atoms with Gasteiger partial charge in [0.2, 0.25) is 5.91 Å². The molecule has 1 aliphatic carbocycles. The summed E-state index contributed by atoms with van der Waals surface area (Å²) in [5.74, 6) is 0.340. The summed E-state index contributed by atoms with van der Waals surface area (Å²) in [7, 11) is 0. The maximum atomic E-state index is 11.8. The Hall–Kier alpha value is -0.610. The van der Waals surface area contributed by atoms with Crippen LogP contribution >= 0.6 is 0 Å². The maximum Gasteiger partial charge on any atom is 0.239 e. The second-order valence-electron chi connectivity index (χ2n) is 5.14. The van der Waals surface area contributed by atoms with Crippen molar-refractivity contribution >= 4 is 5.91 Å². The molecule has 4 nitrogen and oxygen atoms in total. The monoisotopic (exact) mass is 226 g/mol. The maximum absolute atomic E-state index is 11.8. The van der Waals surface area contributed by atoms with E-state index >= 15 is 0 Å². The summed E-state index contributed by atoms with van der Waals surface area (Å²) >= 11 is 0. The third kappa shape index (κ3) is 2.55. The lowest BCUT2D eigenvalue weighted by Crippen LogP contribution is -2.51. The summed E-state index contributed by atoms with van der Waals surface area (Å²) in [5.41, 5.74) is 5.75. The highest BCUT2D eigenvalue weighted by molar-refractivity contribution is 5.82. The molecule has 92 valence electrons. The largest absolute Gasteiger partial charge is 0.393 e. The highest BCUT2D eigenvalue weighted by atomic mass is 16.3. The fourth-order valence-electron chi connectivity index (χ4n) is 2.84. The Kier molecular flexibility index (Phi) is 3.82. The van der Waals surface area contributed by atoms with Gasteiger partial charge in [0.05, 0.1) is 12.1 Å². The molecule has 1 aliphatic heterocycles. The van der Waals surface area contributed by atoms with Crippen LogP contribution in [0, 0.1) is 5.92 Å². The van der Waals surface area contributed by atoms with Crippen LogP contribution in [0.3, 0.4) is 0 Å². The molecule has 0 radical (unpaired) electrons. The summed E-state index contributed by atoms with van der Waals surface area (Å²) in [6.07, 6.45) is 5.80. The minimum Gasteiger partial charge on any atom is -0.393 e. The molecular formula is C12H22N2O2. The Labute approximate surface area is 96.8 Å². The first-order chi connectivity index (χ1) is 7.68. The molecule has 0 bridgehead atoms. The van der Waals surface area contributed by atoms with Gasteiger partial charge in [-0.2, -0.15) is 0 Å². The molecule has 2 aliphatic rings. The zero-order valence-corrected chi connectivity index (χ0v) is 9.77. The fraction of sp³-hybridized carbons (Fsp3) is 0.917. The number of aliphatic hydroxyl groups is 1. The summed E-state index contributed by atoms with van der Waals surface area (Å²) < 4.78 is 0. The molecule has 1 saturated carbocycles. The Morgan fingerprint density at radius 2 is 2.00 bits per heavy atom. The number of carbonyl (C=O) groups excluding carboxylic acids is 1. The van der Waals surface area contributed by atoms with Gasteiger partial charge in [-0.25, -0.2) is 0 Å². The number of hydrogen-bond acceptors (Lipinski definition) is 3. The molecule has 3 N–H and O–H groups in total. The molecule has 2 rings (SSSR count). The number of amides is 1. The predicted molar refractivity (Wildman–Crippen MR) is 61.8 cm³/mol.